The minimum atomic E-state index is -0.441. The Balaban J connectivity index is 1.98. The van der Waals surface area contributed by atoms with Crippen LogP contribution in [0.5, 0.6) is 0 Å². The van der Waals surface area contributed by atoms with E-state index in [0.29, 0.717) is 11.6 Å². The number of benzene rings is 2. The zero-order valence-corrected chi connectivity index (χ0v) is 10.3. The first-order valence-corrected chi connectivity index (χ1v) is 5.82. The fourth-order valence-electron chi connectivity index (χ4n) is 1.92. The molecule has 5 heteroatoms. The first-order valence-electron chi connectivity index (χ1n) is 5.82. The number of fused-ring (bicyclic) bond motifs is 1. The first-order chi connectivity index (χ1) is 9.13. The maximum absolute atomic E-state index is 13.3. The van der Waals surface area contributed by atoms with Crippen LogP contribution in [0.25, 0.3) is 11.1 Å². The number of hydrogen-bond donors (Lipinski definition) is 2. The predicted molar refractivity (Wildman–Crippen MR) is 72.8 cm³/mol. The van der Waals surface area contributed by atoms with Gasteiger partial charge >= 0.3 is 0 Å². The van der Waals surface area contributed by atoms with E-state index in [4.69, 9.17) is 10.2 Å². The van der Waals surface area contributed by atoms with E-state index in [-0.39, 0.29) is 5.69 Å². The molecule has 19 heavy (non-hydrogen) atoms. The second-order valence-corrected chi connectivity index (χ2v) is 4.24. The molecule has 3 rings (SSSR count). The Bertz CT molecular complexity index is 752. The summed E-state index contributed by atoms with van der Waals surface area (Å²) in [4.78, 5) is 4.24. The van der Waals surface area contributed by atoms with Gasteiger partial charge in [-0.15, -0.1) is 0 Å². The van der Waals surface area contributed by atoms with Crippen molar-refractivity contribution in [3.8, 4) is 0 Å². The van der Waals surface area contributed by atoms with Gasteiger partial charge in [-0.1, -0.05) is 6.07 Å². The van der Waals surface area contributed by atoms with Gasteiger partial charge in [0.2, 0.25) is 0 Å². The number of nitrogens with one attached hydrogen (secondary N) is 1. The smallest absolute Gasteiger partial charge is 0.192 e. The second-order valence-electron chi connectivity index (χ2n) is 4.24. The largest absolute Gasteiger partial charge is 0.441 e. The zero-order chi connectivity index (χ0) is 13.4. The van der Waals surface area contributed by atoms with Crippen LogP contribution in [0.1, 0.15) is 5.89 Å². The number of nitrogens with zero attached hydrogens (tertiary/aromatic N) is 1. The quantitative estimate of drug-likeness (QED) is 0.688. The molecule has 4 nitrogen and oxygen atoms in total. The number of aryl methyl sites for hydroxylation is 1. The first kappa shape index (κ1) is 11.5. The topological polar surface area (TPSA) is 64.1 Å². The Kier molecular flexibility index (Phi) is 2.59. The van der Waals surface area contributed by atoms with E-state index in [1.54, 1.807) is 19.1 Å². The average Bonchev–Trinajstić information content (AvgIpc) is 2.74. The highest BCUT2D eigenvalue weighted by molar-refractivity contribution is 5.81. The third-order valence-electron chi connectivity index (χ3n) is 2.83. The van der Waals surface area contributed by atoms with Gasteiger partial charge in [-0.3, -0.25) is 0 Å². The molecular formula is C14H12FN3O. The summed E-state index contributed by atoms with van der Waals surface area (Å²) in [5.41, 5.74) is 8.54. The summed E-state index contributed by atoms with van der Waals surface area (Å²) in [6, 6.07) is 10.1. The maximum Gasteiger partial charge on any atom is 0.192 e. The fraction of sp³-hybridized carbons (Fsp3) is 0.0714. The SMILES string of the molecule is Cc1nc2cc(Nc3cccc(F)c3N)ccc2o1. The van der Waals surface area contributed by atoms with Crippen molar-refractivity contribution in [2.45, 2.75) is 6.92 Å². The van der Waals surface area contributed by atoms with E-state index in [1.807, 2.05) is 18.2 Å². The molecule has 1 aromatic heterocycles. The summed E-state index contributed by atoms with van der Waals surface area (Å²) >= 11 is 0. The molecule has 2 aromatic carbocycles. The molecule has 0 saturated carbocycles. The van der Waals surface area contributed by atoms with Crippen molar-refractivity contribution in [3.63, 3.8) is 0 Å². The highest BCUT2D eigenvalue weighted by atomic mass is 19.1. The summed E-state index contributed by atoms with van der Waals surface area (Å²) in [5.74, 6) is 0.167. The van der Waals surface area contributed by atoms with E-state index >= 15 is 0 Å². The van der Waals surface area contributed by atoms with Crippen molar-refractivity contribution in [1.82, 2.24) is 4.98 Å². The minimum absolute atomic E-state index is 0.0962. The van der Waals surface area contributed by atoms with Crippen LogP contribution in [-0.4, -0.2) is 4.98 Å². The number of aromatic nitrogens is 1. The zero-order valence-electron chi connectivity index (χ0n) is 10.3. The Labute approximate surface area is 109 Å². The third kappa shape index (κ3) is 2.10. The van der Waals surface area contributed by atoms with E-state index in [1.165, 1.54) is 6.07 Å². The summed E-state index contributed by atoms with van der Waals surface area (Å²) in [7, 11) is 0. The van der Waals surface area contributed by atoms with Crippen LogP contribution in [0, 0.1) is 12.7 Å². The third-order valence-corrected chi connectivity index (χ3v) is 2.83. The molecule has 0 saturated heterocycles. The molecule has 96 valence electrons. The van der Waals surface area contributed by atoms with E-state index in [2.05, 4.69) is 10.3 Å². The van der Waals surface area contributed by atoms with Crippen LogP contribution < -0.4 is 11.1 Å². The predicted octanol–water partition coefficient (Wildman–Crippen LogP) is 3.60. The minimum Gasteiger partial charge on any atom is -0.441 e. The van der Waals surface area contributed by atoms with Crippen molar-refractivity contribution in [3.05, 3.63) is 48.1 Å². The lowest BCUT2D eigenvalue weighted by Gasteiger charge is -2.09. The monoisotopic (exact) mass is 257 g/mol. The highest BCUT2D eigenvalue weighted by Gasteiger charge is 2.06. The molecule has 0 radical (unpaired) electrons. The molecule has 0 fully saturated rings. The molecule has 3 aromatic rings. The second kappa shape index (κ2) is 4.28. The van der Waals surface area contributed by atoms with Gasteiger partial charge in [0.15, 0.2) is 11.5 Å². The van der Waals surface area contributed by atoms with Crippen molar-refractivity contribution < 1.29 is 8.81 Å². The molecule has 0 spiro atoms. The molecule has 0 aliphatic rings. The number of anilines is 3. The van der Waals surface area contributed by atoms with Gasteiger partial charge in [-0.05, 0) is 30.3 Å². The van der Waals surface area contributed by atoms with Crippen LogP contribution in [0.2, 0.25) is 0 Å². The van der Waals surface area contributed by atoms with Crippen LogP contribution in [0.4, 0.5) is 21.5 Å². The lowest BCUT2D eigenvalue weighted by atomic mass is 10.2. The summed E-state index contributed by atoms with van der Waals surface area (Å²) in [5, 5.41) is 3.07. The van der Waals surface area contributed by atoms with Crippen LogP contribution in [0.15, 0.2) is 40.8 Å². The van der Waals surface area contributed by atoms with Gasteiger partial charge in [0.25, 0.3) is 0 Å². The molecule has 3 N–H and O–H groups in total. The van der Waals surface area contributed by atoms with Crippen molar-refractivity contribution in [1.29, 1.82) is 0 Å². The molecule has 0 atom stereocenters. The standard InChI is InChI=1S/C14H12FN3O/c1-8-17-12-7-9(5-6-13(12)19-8)18-11-4-2-3-10(15)14(11)16/h2-7,18H,16H2,1H3. The van der Waals surface area contributed by atoms with Gasteiger partial charge < -0.3 is 15.5 Å². The van der Waals surface area contributed by atoms with Crippen molar-refractivity contribution >= 4 is 28.2 Å². The molecule has 1 heterocycles. The Morgan fingerprint density at radius 2 is 2.11 bits per heavy atom. The molecule has 0 aliphatic heterocycles. The van der Waals surface area contributed by atoms with Gasteiger partial charge in [0.05, 0.1) is 11.4 Å². The van der Waals surface area contributed by atoms with Gasteiger partial charge in [0, 0.05) is 12.6 Å². The van der Waals surface area contributed by atoms with Gasteiger partial charge in [-0.25, -0.2) is 9.37 Å². The van der Waals surface area contributed by atoms with Crippen LogP contribution >= 0.6 is 0 Å². The molecule has 0 aliphatic carbocycles. The number of hydrogen-bond acceptors (Lipinski definition) is 4. The number of nitrogens with two attached hydrogens (primary N) is 1. The van der Waals surface area contributed by atoms with E-state index in [0.717, 1.165) is 16.8 Å². The van der Waals surface area contributed by atoms with Gasteiger partial charge in [-0.2, -0.15) is 0 Å². The van der Waals surface area contributed by atoms with E-state index < -0.39 is 5.82 Å². The molecule has 0 unspecified atom stereocenters. The Morgan fingerprint density at radius 3 is 2.95 bits per heavy atom. The average molecular weight is 257 g/mol. The number of para-hydroxylation sites is 1. The molecule has 0 bridgehead atoms. The lowest BCUT2D eigenvalue weighted by Crippen LogP contribution is -1.98. The highest BCUT2D eigenvalue weighted by Crippen LogP contribution is 2.27. The number of oxazole rings is 1. The Hall–Kier alpha value is -2.56. The summed E-state index contributed by atoms with van der Waals surface area (Å²) < 4.78 is 18.7. The molecular weight excluding hydrogens is 245 g/mol. The van der Waals surface area contributed by atoms with Crippen molar-refractivity contribution in [2.75, 3.05) is 11.1 Å². The van der Waals surface area contributed by atoms with Crippen molar-refractivity contribution in [2.24, 2.45) is 0 Å². The normalized spacial score (nSPS) is 10.8. The lowest BCUT2D eigenvalue weighted by molar-refractivity contribution is 0.561. The number of halogens is 1. The van der Waals surface area contributed by atoms with Gasteiger partial charge in [0.1, 0.15) is 11.3 Å². The Morgan fingerprint density at radius 1 is 1.26 bits per heavy atom. The van der Waals surface area contributed by atoms with Crippen LogP contribution in [-0.2, 0) is 0 Å². The summed E-state index contributed by atoms with van der Waals surface area (Å²) in [6.07, 6.45) is 0. The fourth-order valence-corrected chi connectivity index (χ4v) is 1.92. The summed E-state index contributed by atoms with van der Waals surface area (Å²) in [6.45, 7) is 1.79. The number of rotatable bonds is 2. The van der Waals surface area contributed by atoms with Crippen LogP contribution in [0.3, 0.4) is 0 Å². The van der Waals surface area contributed by atoms with E-state index in [9.17, 15) is 4.39 Å². The number of nitrogen functional groups attached to an aromatic ring is 1. The maximum atomic E-state index is 13.3. The molecule has 0 amide bonds.